The average molecular weight is 832 g/mol. The first-order valence-corrected chi connectivity index (χ1v) is 23.8. The lowest BCUT2D eigenvalue weighted by molar-refractivity contribution is -0.870. The molecular weight excluding hydrogens is 749 g/mol. The number of rotatable bonds is 36. The molecule has 57 heavy (non-hydrogen) atoms. The average Bonchev–Trinajstić information content (AvgIpc) is 3.41. The number of carbonyl (C=O) groups excluding carboxylic acids is 2. The topological polar surface area (TPSA) is 172 Å². The van der Waals surface area contributed by atoms with Gasteiger partial charge in [0.15, 0.2) is 6.10 Å². The Morgan fingerprint density at radius 3 is 2.00 bits per heavy atom. The largest absolute Gasteiger partial charge is 0.756 e. The fraction of sp³-hybridized carbons (Fsp3) is 0.864. The minimum atomic E-state index is -4.68. The summed E-state index contributed by atoms with van der Waals surface area (Å²) in [6, 6.07) is 0. The Hall–Kier alpha value is -1.63. The molecule has 3 N–H and O–H groups in total. The molecule has 13 heteroatoms. The summed E-state index contributed by atoms with van der Waals surface area (Å²) in [7, 11) is 1.04. The third kappa shape index (κ3) is 29.3. The monoisotopic (exact) mass is 832 g/mol. The smallest absolute Gasteiger partial charge is 0.306 e. The van der Waals surface area contributed by atoms with Gasteiger partial charge in [0, 0.05) is 25.2 Å². The van der Waals surface area contributed by atoms with Gasteiger partial charge < -0.3 is 43.2 Å². The van der Waals surface area contributed by atoms with Crippen LogP contribution in [0.25, 0.3) is 0 Å². The van der Waals surface area contributed by atoms with Gasteiger partial charge in [0.25, 0.3) is 7.82 Å². The van der Waals surface area contributed by atoms with Crippen LogP contribution in [0.15, 0.2) is 24.3 Å². The van der Waals surface area contributed by atoms with Crippen molar-refractivity contribution in [1.29, 1.82) is 0 Å². The quantitative estimate of drug-likeness (QED) is 0.0183. The maximum atomic E-state index is 12.7. The lowest BCUT2D eigenvalue weighted by Gasteiger charge is -2.28. The molecule has 1 fully saturated rings. The second kappa shape index (κ2) is 32.2. The Morgan fingerprint density at radius 2 is 1.35 bits per heavy atom. The lowest BCUT2D eigenvalue weighted by atomic mass is 9.88. The minimum Gasteiger partial charge on any atom is -0.756 e. The van der Waals surface area contributed by atoms with Crippen molar-refractivity contribution >= 4 is 19.8 Å². The number of carbonyl (C=O) groups is 2. The fourth-order valence-corrected chi connectivity index (χ4v) is 7.71. The first-order chi connectivity index (χ1) is 27.2. The SMILES string of the molecule is CCCCCC/C=C\CCCCCCCC(=O)O[C@H](COC(=O)CCCCCC[C@@H]1[C@@H](/C=C/[C@@H](O)CCCCC)[C@H](O)C[C@@H]1O)COP(=O)([O-])OCC[N+](C)(C)C. The van der Waals surface area contributed by atoms with Crippen molar-refractivity contribution in [2.24, 2.45) is 11.8 Å². The van der Waals surface area contributed by atoms with Crippen LogP contribution >= 0.6 is 7.82 Å². The van der Waals surface area contributed by atoms with E-state index in [2.05, 4.69) is 26.0 Å². The third-order valence-electron chi connectivity index (χ3n) is 10.5. The molecule has 1 rings (SSSR count). The molecular formula is C44H82NO11P. The van der Waals surface area contributed by atoms with Crippen LogP contribution in [0.2, 0.25) is 0 Å². The number of quaternary nitrogens is 1. The van der Waals surface area contributed by atoms with Gasteiger partial charge in [-0.15, -0.1) is 0 Å². The molecule has 0 aromatic carbocycles. The number of phosphoric acid groups is 1. The number of ether oxygens (including phenoxy) is 2. The van der Waals surface area contributed by atoms with E-state index in [1.54, 1.807) is 6.08 Å². The van der Waals surface area contributed by atoms with Crippen LogP contribution in [0.4, 0.5) is 0 Å². The number of hydrogen-bond donors (Lipinski definition) is 3. The molecule has 0 aromatic heterocycles. The highest BCUT2D eigenvalue weighted by atomic mass is 31.2. The molecule has 334 valence electrons. The summed E-state index contributed by atoms with van der Waals surface area (Å²) in [4.78, 5) is 37.7. The molecule has 12 nitrogen and oxygen atoms in total. The van der Waals surface area contributed by atoms with Crippen molar-refractivity contribution in [3.8, 4) is 0 Å². The van der Waals surface area contributed by atoms with Crippen molar-refractivity contribution in [3.63, 3.8) is 0 Å². The van der Waals surface area contributed by atoms with Gasteiger partial charge in [-0.05, 0) is 57.3 Å². The molecule has 1 aliphatic carbocycles. The Morgan fingerprint density at radius 1 is 0.772 bits per heavy atom. The zero-order valence-corrected chi connectivity index (χ0v) is 37.3. The number of hydrogen-bond acceptors (Lipinski definition) is 11. The van der Waals surface area contributed by atoms with E-state index in [4.69, 9.17) is 18.5 Å². The molecule has 0 bridgehead atoms. The summed E-state index contributed by atoms with van der Waals surface area (Å²) < 4.78 is 33.9. The normalized spacial score (nSPS) is 20.9. The van der Waals surface area contributed by atoms with Crippen molar-refractivity contribution in [2.45, 2.75) is 186 Å². The molecule has 0 aromatic rings. The number of aliphatic hydroxyl groups excluding tert-OH is 3. The zero-order chi connectivity index (χ0) is 42.4. The molecule has 0 aliphatic heterocycles. The minimum absolute atomic E-state index is 0.0663. The molecule has 0 spiro atoms. The highest BCUT2D eigenvalue weighted by molar-refractivity contribution is 7.45. The van der Waals surface area contributed by atoms with Crippen LogP contribution in [-0.4, -0.2) is 104 Å². The summed E-state index contributed by atoms with van der Waals surface area (Å²) in [5, 5.41) is 31.4. The number of aliphatic hydroxyl groups is 3. The van der Waals surface area contributed by atoms with Gasteiger partial charge in [-0.3, -0.25) is 14.2 Å². The predicted molar refractivity (Wildman–Crippen MR) is 224 cm³/mol. The standard InChI is InChI=1S/C44H82NO11P/c1-6-8-10-11-12-13-14-15-16-17-18-19-25-29-44(50)56-38(36-55-57(51,52)54-33-32-45(3,4)5)35-53-43(49)28-24-21-20-23-27-39-40(42(48)34-41(39)47)31-30-37(46)26-22-9-7-2/h13-14,30-31,37-42,46-48H,6-12,15-29,32-36H2,1-5H3/b14-13-,31-30+/t37-,38+,39+,40+,41-,42+/m0/s1. The van der Waals surface area contributed by atoms with Gasteiger partial charge in [-0.25, -0.2) is 0 Å². The van der Waals surface area contributed by atoms with Crippen LogP contribution < -0.4 is 4.89 Å². The van der Waals surface area contributed by atoms with Gasteiger partial charge in [-0.2, -0.15) is 0 Å². The Kier molecular flexibility index (Phi) is 30.1. The van der Waals surface area contributed by atoms with Crippen LogP contribution in [0.1, 0.15) is 162 Å². The van der Waals surface area contributed by atoms with E-state index >= 15 is 0 Å². The van der Waals surface area contributed by atoms with Gasteiger partial charge in [-0.1, -0.05) is 115 Å². The number of phosphoric ester groups is 1. The molecule has 1 saturated carbocycles. The number of allylic oxidation sites excluding steroid dienone is 2. The van der Waals surface area contributed by atoms with Gasteiger partial charge in [0.05, 0.1) is 46.1 Å². The second-order valence-corrected chi connectivity index (χ2v) is 18.4. The van der Waals surface area contributed by atoms with E-state index in [-0.39, 0.29) is 37.9 Å². The van der Waals surface area contributed by atoms with E-state index < -0.39 is 50.8 Å². The van der Waals surface area contributed by atoms with E-state index in [0.717, 1.165) is 83.5 Å². The summed E-state index contributed by atoms with van der Waals surface area (Å²) in [6.45, 7) is 3.86. The van der Waals surface area contributed by atoms with E-state index in [1.807, 2.05) is 27.2 Å². The summed E-state index contributed by atoms with van der Waals surface area (Å²) in [5.41, 5.74) is 0. The predicted octanol–water partition coefficient (Wildman–Crippen LogP) is 8.10. The molecule has 1 unspecified atom stereocenters. The summed E-state index contributed by atoms with van der Waals surface area (Å²) in [6.07, 6.45) is 25.6. The van der Waals surface area contributed by atoms with E-state index in [1.165, 1.54) is 25.7 Å². The highest BCUT2D eigenvalue weighted by Gasteiger charge is 2.39. The molecule has 0 heterocycles. The summed E-state index contributed by atoms with van der Waals surface area (Å²) >= 11 is 0. The first-order valence-electron chi connectivity index (χ1n) is 22.3. The van der Waals surface area contributed by atoms with Crippen molar-refractivity contribution < 1.29 is 57.4 Å². The van der Waals surface area contributed by atoms with E-state index in [0.29, 0.717) is 36.7 Å². The van der Waals surface area contributed by atoms with Crippen molar-refractivity contribution in [3.05, 3.63) is 24.3 Å². The van der Waals surface area contributed by atoms with Gasteiger partial charge in [0.1, 0.15) is 19.8 Å². The Balaban J connectivity index is 2.48. The van der Waals surface area contributed by atoms with Crippen LogP contribution in [0.5, 0.6) is 0 Å². The fourth-order valence-electron chi connectivity index (χ4n) is 6.98. The van der Waals surface area contributed by atoms with E-state index in [9.17, 15) is 34.4 Å². The van der Waals surface area contributed by atoms with Crippen molar-refractivity contribution in [1.82, 2.24) is 0 Å². The number of likely N-dealkylation sites (N-methyl/N-ethyl adjacent to an activating group) is 1. The maximum absolute atomic E-state index is 12.7. The second-order valence-electron chi connectivity index (χ2n) is 17.0. The number of unbranched alkanes of at least 4 members (excludes halogenated alkanes) is 14. The maximum Gasteiger partial charge on any atom is 0.306 e. The Bertz CT molecular complexity index is 1140. The molecule has 7 atom stereocenters. The van der Waals surface area contributed by atoms with Crippen LogP contribution in [0.3, 0.4) is 0 Å². The molecule has 0 amide bonds. The number of esters is 2. The summed E-state index contributed by atoms with van der Waals surface area (Å²) in [5.74, 6) is -1.26. The third-order valence-corrected chi connectivity index (χ3v) is 11.5. The lowest BCUT2D eigenvalue weighted by Crippen LogP contribution is -2.37. The first kappa shape index (κ1) is 53.4. The van der Waals surface area contributed by atoms with Gasteiger partial charge >= 0.3 is 11.9 Å². The molecule has 0 saturated heterocycles. The van der Waals surface area contributed by atoms with Crippen molar-refractivity contribution in [2.75, 3.05) is 47.5 Å². The van der Waals surface area contributed by atoms with Crippen LogP contribution in [0, 0.1) is 11.8 Å². The zero-order valence-electron chi connectivity index (χ0n) is 36.4. The number of nitrogens with zero attached hydrogens (tertiary/aromatic N) is 1. The Labute approximate surface area is 346 Å². The molecule has 1 aliphatic rings. The highest BCUT2D eigenvalue weighted by Crippen LogP contribution is 2.39. The van der Waals surface area contributed by atoms with Crippen LogP contribution in [-0.2, 0) is 32.7 Å². The van der Waals surface area contributed by atoms with Gasteiger partial charge in [0.2, 0.25) is 0 Å². The molecule has 0 radical (unpaired) electrons.